The van der Waals surface area contributed by atoms with E-state index in [0.717, 1.165) is 29.8 Å². The van der Waals surface area contributed by atoms with Crippen LogP contribution in [0, 0.1) is 0 Å². The van der Waals surface area contributed by atoms with Crippen molar-refractivity contribution >= 4 is 20.1 Å². The second kappa shape index (κ2) is 8.54. The van der Waals surface area contributed by atoms with E-state index >= 15 is 0 Å². The first-order valence-electron chi connectivity index (χ1n) is 6.56. The average Bonchev–Trinajstić information content (AvgIpc) is 2.53. The van der Waals surface area contributed by atoms with E-state index in [1.165, 1.54) is 0 Å². The van der Waals surface area contributed by atoms with Gasteiger partial charge in [-0.25, -0.2) is 21.6 Å². The van der Waals surface area contributed by atoms with Gasteiger partial charge in [0.2, 0.25) is 10.0 Å². The van der Waals surface area contributed by atoms with Crippen LogP contribution in [-0.2, 0) is 20.1 Å². The minimum absolute atomic E-state index is 0. The Hall–Kier alpha value is -0.780. The molecule has 0 aliphatic heterocycles. The quantitative estimate of drug-likeness (QED) is 0.425. The summed E-state index contributed by atoms with van der Waals surface area (Å²) in [4.78, 5) is -0.636. The molecule has 0 fully saturated rings. The Morgan fingerprint density at radius 3 is 1.92 bits per heavy atom. The van der Waals surface area contributed by atoms with E-state index in [1.807, 2.05) is 6.07 Å². The van der Waals surface area contributed by atoms with Crippen molar-refractivity contribution in [1.82, 2.24) is 4.72 Å². The Bertz CT molecular complexity index is 869. The van der Waals surface area contributed by atoms with Gasteiger partial charge in [0, 0.05) is 12.6 Å². The molecule has 0 spiro atoms. The van der Waals surface area contributed by atoms with Crippen LogP contribution in [0.25, 0.3) is 0 Å². The molecular formula is C14H15N2NaO5S2. The third-order valence-corrected chi connectivity index (χ3v) is 5.43. The van der Waals surface area contributed by atoms with Crippen molar-refractivity contribution in [2.75, 3.05) is 6.54 Å². The van der Waals surface area contributed by atoms with Crippen molar-refractivity contribution in [2.24, 2.45) is 5.73 Å². The summed E-state index contributed by atoms with van der Waals surface area (Å²) in [6, 6.07) is 12.5. The molecule has 2 aromatic carbocycles. The Morgan fingerprint density at radius 1 is 0.917 bits per heavy atom. The normalized spacial score (nSPS) is 13.1. The summed E-state index contributed by atoms with van der Waals surface area (Å²) in [6.45, 7) is -0.0199. The molecule has 0 radical (unpaired) electrons. The molecule has 0 aromatic heterocycles. The number of benzene rings is 2. The van der Waals surface area contributed by atoms with Gasteiger partial charge in [0.15, 0.2) is 0 Å². The average molecular weight is 378 g/mol. The maximum Gasteiger partial charge on any atom is 1.00 e. The zero-order valence-corrected chi connectivity index (χ0v) is 16.5. The van der Waals surface area contributed by atoms with E-state index in [9.17, 15) is 21.4 Å². The van der Waals surface area contributed by atoms with Crippen molar-refractivity contribution in [1.29, 1.82) is 0 Å². The third-order valence-electron chi connectivity index (χ3n) is 3.14. The molecule has 0 saturated heterocycles. The van der Waals surface area contributed by atoms with Crippen LogP contribution >= 0.6 is 0 Å². The Kier molecular flexibility index (Phi) is 7.57. The number of rotatable bonds is 6. The second-order valence-electron chi connectivity index (χ2n) is 4.79. The summed E-state index contributed by atoms with van der Waals surface area (Å²) < 4.78 is 59.1. The number of hydrogen-bond acceptors (Lipinski definition) is 6. The van der Waals surface area contributed by atoms with Gasteiger partial charge in [-0.1, -0.05) is 30.3 Å². The summed E-state index contributed by atoms with van der Waals surface area (Å²) in [5.74, 6) is 0. The van der Waals surface area contributed by atoms with Crippen LogP contribution < -0.4 is 40.0 Å². The molecule has 10 heteroatoms. The predicted octanol–water partition coefficient (Wildman–Crippen LogP) is -2.43. The smallest absolute Gasteiger partial charge is 0.744 e. The van der Waals surface area contributed by atoms with E-state index in [-0.39, 0.29) is 41.0 Å². The molecule has 3 N–H and O–H groups in total. The van der Waals surface area contributed by atoms with Crippen LogP contribution in [-0.4, -0.2) is 27.9 Å². The van der Waals surface area contributed by atoms with Gasteiger partial charge >= 0.3 is 29.6 Å². The molecule has 0 amide bonds. The van der Waals surface area contributed by atoms with E-state index in [4.69, 9.17) is 5.73 Å². The van der Waals surface area contributed by atoms with Gasteiger partial charge in [-0.2, -0.15) is 0 Å². The van der Waals surface area contributed by atoms with E-state index in [2.05, 4.69) is 4.72 Å². The molecule has 124 valence electrons. The number of hydrogen-bond donors (Lipinski definition) is 2. The molecule has 7 nitrogen and oxygen atoms in total. The van der Waals surface area contributed by atoms with Gasteiger partial charge in [-0.3, -0.25) is 0 Å². The van der Waals surface area contributed by atoms with Crippen molar-refractivity contribution in [3.63, 3.8) is 0 Å². The van der Waals surface area contributed by atoms with Crippen molar-refractivity contribution < 1.29 is 50.9 Å². The molecule has 0 heterocycles. The topological polar surface area (TPSA) is 129 Å². The standard InChI is InChI=1S/C14H16N2O5S2.Na/c15-14(11-4-2-1-3-5-11)10-16-22(17,18)12-6-8-13(9-7-12)23(19,20)21;/h1-9,14,16H,10,15H2,(H,19,20,21);/q;+1/p-1. The maximum absolute atomic E-state index is 12.1. The molecule has 0 aliphatic rings. The van der Waals surface area contributed by atoms with Gasteiger partial charge < -0.3 is 10.3 Å². The molecular weight excluding hydrogens is 363 g/mol. The second-order valence-corrected chi connectivity index (χ2v) is 7.94. The molecule has 1 unspecified atom stereocenters. The Morgan fingerprint density at radius 2 is 1.42 bits per heavy atom. The fourth-order valence-corrected chi connectivity index (χ4v) is 3.42. The van der Waals surface area contributed by atoms with Crippen LogP contribution in [0.2, 0.25) is 0 Å². The summed E-state index contributed by atoms with van der Waals surface area (Å²) in [5, 5.41) is 0. The minimum Gasteiger partial charge on any atom is -0.744 e. The summed E-state index contributed by atoms with van der Waals surface area (Å²) >= 11 is 0. The summed E-state index contributed by atoms with van der Waals surface area (Å²) in [7, 11) is -8.46. The monoisotopic (exact) mass is 378 g/mol. The summed E-state index contributed by atoms with van der Waals surface area (Å²) in [6.07, 6.45) is 0. The van der Waals surface area contributed by atoms with Crippen LogP contribution in [0.5, 0.6) is 0 Å². The third kappa shape index (κ3) is 5.64. The van der Waals surface area contributed by atoms with Gasteiger partial charge in [-0.15, -0.1) is 0 Å². The Balaban J connectivity index is 0.00000288. The first-order chi connectivity index (χ1) is 10.7. The molecule has 0 aliphatic carbocycles. The van der Waals surface area contributed by atoms with E-state index < -0.39 is 31.1 Å². The van der Waals surface area contributed by atoms with Crippen LogP contribution in [0.3, 0.4) is 0 Å². The fraction of sp³-hybridized carbons (Fsp3) is 0.143. The van der Waals surface area contributed by atoms with Crippen LogP contribution in [0.15, 0.2) is 64.4 Å². The molecule has 1 atom stereocenters. The van der Waals surface area contributed by atoms with E-state index in [1.54, 1.807) is 24.3 Å². The fourth-order valence-electron chi connectivity index (χ4n) is 1.89. The van der Waals surface area contributed by atoms with Crippen LogP contribution in [0.4, 0.5) is 0 Å². The minimum atomic E-state index is -4.61. The number of sulfonamides is 1. The molecule has 2 rings (SSSR count). The first-order valence-corrected chi connectivity index (χ1v) is 9.45. The van der Waals surface area contributed by atoms with Crippen molar-refractivity contribution in [3.8, 4) is 0 Å². The molecule has 0 bridgehead atoms. The number of nitrogens with two attached hydrogens (primary N) is 1. The molecule has 0 saturated carbocycles. The van der Waals surface area contributed by atoms with Gasteiger partial charge in [0.25, 0.3) is 0 Å². The summed E-state index contributed by atoms with van der Waals surface area (Å²) in [5.41, 5.74) is 6.69. The van der Waals surface area contributed by atoms with Crippen molar-refractivity contribution in [2.45, 2.75) is 15.8 Å². The zero-order chi connectivity index (χ0) is 17.1. The predicted molar refractivity (Wildman–Crippen MR) is 83.0 cm³/mol. The zero-order valence-electron chi connectivity index (χ0n) is 12.9. The maximum atomic E-state index is 12.1. The van der Waals surface area contributed by atoms with Crippen LogP contribution in [0.1, 0.15) is 11.6 Å². The molecule has 24 heavy (non-hydrogen) atoms. The number of nitrogens with one attached hydrogen (secondary N) is 1. The SMILES string of the molecule is NC(CNS(=O)(=O)c1ccc(S(=O)(=O)[O-])cc1)c1ccccc1.[Na+]. The van der Waals surface area contributed by atoms with Gasteiger partial charge in [0.1, 0.15) is 10.1 Å². The Labute approximate surface area is 163 Å². The van der Waals surface area contributed by atoms with E-state index in [0.29, 0.717) is 0 Å². The largest absolute Gasteiger partial charge is 1.00 e. The molecule has 2 aromatic rings. The first kappa shape index (κ1) is 21.3. The van der Waals surface area contributed by atoms with Crippen molar-refractivity contribution in [3.05, 3.63) is 60.2 Å². The van der Waals surface area contributed by atoms with Gasteiger partial charge in [0.05, 0.1) is 9.79 Å². The van der Waals surface area contributed by atoms with Gasteiger partial charge in [-0.05, 0) is 29.8 Å².